The number of sulfonamides is 1. The number of hydrogen-bond acceptors (Lipinski definition) is 4. The summed E-state index contributed by atoms with van der Waals surface area (Å²) in [5, 5.41) is 3.86. The highest BCUT2D eigenvalue weighted by atomic mass is 35.5. The van der Waals surface area contributed by atoms with Crippen LogP contribution in [0.15, 0.2) is 23.7 Å². The van der Waals surface area contributed by atoms with Gasteiger partial charge in [0, 0.05) is 31.9 Å². The molecule has 2 rings (SSSR count). The second-order valence-electron chi connectivity index (χ2n) is 3.65. The van der Waals surface area contributed by atoms with E-state index in [1.54, 1.807) is 12.5 Å². The number of nitrogens with zero attached hydrogens (tertiary/aromatic N) is 3. The Morgan fingerprint density at radius 2 is 2.28 bits per heavy atom. The van der Waals surface area contributed by atoms with Crippen LogP contribution in [0.4, 0.5) is 0 Å². The third kappa shape index (κ3) is 2.71. The Kier molecular flexibility index (Phi) is 3.69. The minimum atomic E-state index is -3.65. The van der Waals surface area contributed by atoms with Gasteiger partial charge in [-0.15, -0.1) is 0 Å². The van der Waals surface area contributed by atoms with Crippen LogP contribution in [-0.2, 0) is 23.5 Å². The first kappa shape index (κ1) is 13.1. The fourth-order valence-corrected chi connectivity index (χ4v) is 3.19. The molecule has 0 saturated carbocycles. The number of halogens is 1. The summed E-state index contributed by atoms with van der Waals surface area (Å²) in [6, 6.07) is 0. The second kappa shape index (κ2) is 5.09. The average Bonchev–Trinajstić information content (AvgIpc) is 2.89. The Morgan fingerprint density at radius 1 is 1.50 bits per heavy atom. The zero-order valence-corrected chi connectivity index (χ0v) is 11.2. The topological polar surface area (TPSA) is 92.7 Å². The Morgan fingerprint density at radius 3 is 2.83 bits per heavy atom. The Bertz CT molecular complexity index is 600. The first-order valence-electron chi connectivity index (χ1n) is 5.15. The van der Waals surface area contributed by atoms with Gasteiger partial charge in [0.1, 0.15) is 0 Å². The fourth-order valence-electron chi connectivity index (χ4n) is 1.51. The molecule has 2 aromatic heterocycles. The van der Waals surface area contributed by atoms with Crippen LogP contribution in [0, 0.1) is 0 Å². The summed E-state index contributed by atoms with van der Waals surface area (Å²) in [5.74, 6) is 0. The number of aromatic amines is 1. The van der Waals surface area contributed by atoms with Crippen molar-refractivity contribution in [2.75, 3.05) is 6.54 Å². The average molecular weight is 290 g/mol. The molecule has 0 aliphatic heterocycles. The molecule has 0 bridgehead atoms. The molecule has 18 heavy (non-hydrogen) atoms. The van der Waals surface area contributed by atoms with Gasteiger partial charge in [-0.25, -0.2) is 18.1 Å². The maximum absolute atomic E-state index is 12.0. The van der Waals surface area contributed by atoms with Gasteiger partial charge in [0.05, 0.1) is 17.5 Å². The molecule has 2 heterocycles. The predicted molar refractivity (Wildman–Crippen MR) is 65.7 cm³/mol. The van der Waals surface area contributed by atoms with Crippen molar-refractivity contribution in [3.05, 3.63) is 29.4 Å². The van der Waals surface area contributed by atoms with Crippen molar-refractivity contribution in [3.63, 3.8) is 0 Å². The van der Waals surface area contributed by atoms with Crippen molar-refractivity contribution in [1.82, 2.24) is 24.5 Å². The quantitative estimate of drug-likeness (QED) is 0.829. The number of aromatic nitrogens is 4. The second-order valence-corrected chi connectivity index (χ2v) is 5.74. The number of hydrogen-bond donors (Lipinski definition) is 2. The normalized spacial score (nSPS) is 11.9. The fraction of sp³-hybridized carbons (Fsp3) is 0.333. The molecule has 0 aromatic carbocycles. The molecule has 0 saturated heterocycles. The van der Waals surface area contributed by atoms with Gasteiger partial charge in [-0.2, -0.15) is 5.10 Å². The molecule has 0 unspecified atom stereocenters. The van der Waals surface area contributed by atoms with E-state index >= 15 is 0 Å². The minimum Gasteiger partial charge on any atom is -0.348 e. The van der Waals surface area contributed by atoms with Crippen LogP contribution in [0.5, 0.6) is 0 Å². The summed E-state index contributed by atoms with van der Waals surface area (Å²) in [7, 11) is -2.12. The molecule has 0 radical (unpaired) electrons. The van der Waals surface area contributed by atoms with Gasteiger partial charge >= 0.3 is 0 Å². The van der Waals surface area contributed by atoms with Gasteiger partial charge in [0.2, 0.25) is 0 Å². The lowest BCUT2D eigenvalue weighted by Gasteiger charge is -2.06. The maximum Gasteiger partial charge on any atom is 0.259 e. The maximum atomic E-state index is 12.0. The zero-order valence-electron chi connectivity index (χ0n) is 9.59. The van der Waals surface area contributed by atoms with Gasteiger partial charge in [0.25, 0.3) is 10.0 Å². The molecule has 0 atom stereocenters. The summed E-state index contributed by atoms with van der Waals surface area (Å²) in [4.78, 5) is 6.74. The van der Waals surface area contributed by atoms with E-state index in [0.717, 1.165) is 5.69 Å². The van der Waals surface area contributed by atoms with E-state index < -0.39 is 10.0 Å². The van der Waals surface area contributed by atoms with E-state index in [2.05, 4.69) is 19.8 Å². The van der Waals surface area contributed by atoms with Crippen LogP contribution in [-0.4, -0.2) is 34.7 Å². The Balaban J connectivity index is 2.04. The molecule has 0 spiro atoms. The van der Waals surface area contributed by atoms with Crippen molar-refractivity contribution in [1.29, 1.82) is 0 Å². The van der Waals surface area contributed by atoms with Crippen molar-refractivity contribution >= 4 is 21.6 Å². The van der Waals surface area contributed by atoms with Crippen LogP contribution in [0.3, 0.4) is 0 Å². The molecule has 2 N–H and O–H groups in total. The van der Waals surface area contributed by atoms with Crippen molar-refractivity contribution in [3.8, 4) is 0 Å². The summed E-state index contributed by atoms with van der Waals surface area (Å²) < 4.78 is 27.6. The van der Waals surface area contributed by atoms with E-state index in [-0.39, 0.29) is 16.6 Å². The molecule has 98 valence electrons. The van der Waals surface area contributed by atoms with Crippen LogP contribution < -0.4 is 4.72 Å². The molecule has 2 aromatic rings. The molecule has 0 amide bonds. The largest absolute Gasteiger partial charge is 0.348 e. The highest BCUT2D eigenvalue weighted by molar-refractivity contribution is 7.89. The molecular weight excluding hydrogens is 278 g/mol. The monoisotopic (exact) mass is 289 g/mol. The third-order valence-electron chi connectivity index (χ3n) is 2.34. The van der Waals surface area contributed by atoms with E-state index in [9.17, 15) is 8.42 Å². The number of aryl methyl sites for hydroxylation is 1. The SMILES string of the molecule is Cn1ncc(Cl)c1S(=O)(=O)NCCc1cnc[nH]1. The van der Waals surface area contributed by atoms with Gasteiger partial charge in [0.15, 0.2) is 5.03 Å². The van der Waals surface area contributed by atoms with E-state index in [0.29, 0.717) is 6.42 Å². The van der Waals surface area contributed by atoms with E-state index in [4.69, 9.17) is 11.6 Å². The number of nitrogens with one attached hydrogen (secondary N) is 2. The summed E-state index contributed by atoms with van der Waals surface area (Å²) in [5.41, 5.74) is 0.855. The molecule has 9 heteroatoms. The van der Waals surface area contributed by atoms with Crippen molar-refractivity contribution < 1.29 is 8.42 Å². The predicted octanol–water partition coefficient (Wildman–Crippen LogP) is 0.318. The third-order valence-corrected chi connectivity index (χ3v) is 4.30. The van der Waals surface area contributed by atoms with Crippen LogP contribution in [0.2, 0.25) is 5.02 Å². The molecule has 0 aliphatic rings. The van der Waals surface area contributed by atoms with Crippen LogP contribution >= 0.6 is 11.6 Å². The van der Waals surface area contributed by atoms with E-state index in [1.807, 2.05) is 0 Å². The standard InChI is InChI=1S/C9H12ClN5O2S/c1-15-9(8(10)5-13-15)18(16,17)14-3-2-7-4-11-6-12-7/h4-6,14H,2-3H2,1H3,(H,11,12). The highest BCUT2D eigenvalue weighted by Gasteiger charge is 2.21. The van der Waals surface area contributed by atoms with Crippen molar-refractivity contribution in [2.45, 2.75) is 11.4 Å². The van der Waals surface area contributed by atoms with Crippen LogP contribution in [0.25, 0.3) is 0 Å². The smallest absolute Gasteiger partial charge is 0.259 e. The molecule has 0 aliphatic carbocycles. The van der Waals surface area contributed by atoms with Crippen LogP contribution in [0.1, 0.15) is 5.69 Å². The number of H-pyrrole nitrogens is 1. The Hall–Kier alpha value is -1.38. The lowest BCUT2D eigenvalue weighted by Crippen LogP contribution is -2.28. The number of imidazole rings is 1. The van der Waals surface area contributed by atoms with Gasteiger partial charge in [-0.1, -0.05) is 11.6 Å². The minimum absolute atomic E-state index is 0.0335. The van der Waals surface area contributed by atoms with Gasteiger partial charge in [-0.05, 0) is 0 Å². The summed E-state index contributed by atoms with van der Waals surface area (Å²) >= 11 is 5.79. The lowest BCUT2D eigenvalue weighted by atomic mass is 10.3. The molecule has 7 nitrogen and oxygen atoms in total. The number of rotatable bonds is 5. The zero-order chi connectivity index (χ0) is 13.2. The first-order chi connectivity index (χ1) is 8.50. The van der Waals surface area contributed by atoms with Crippen molar-refractivity contribution in [2.24, 2.45) is 7.05 Å². The summed E-state index contributed by atoms with van der Waals surface area (Å²) in [6.07, 6.45) is 5.01. The Labute approximate surface area is 109 Å². The molecular formula is C9H12ClN5O2S. The van der Waals surface area contributed by atoms with Gasteiger partial charge < -0.3 is 4.98 Å². The summed E-state index contributed by atoms with van der Waals surface area (Å²) in [6.45, 7) is 0.256. The molecule has 0 fully saturated rings. The lowest BCUT2D eigenvalue weighted by molar-refractivity contribution is 0.563. The van der Waals surface area contributed by atoms with Gasteiger partial charge in [-0.3, -0.25) is 4.68 Å². The van der Waals surface area contributed by atoms with E-state index in [1.165, 1.54) is 17.9 Å². The first-order valence-corrected chi connectivity index (χ1v) is 7.01. The highest BCUT2D eigenvalue weighted by Crippen LogP contribution is 2.19.